The van der Waals surface area contributed by atoms with Crippen LogP contribution in [0.4, 0.5) is 4.79 Å². The highest BCUT2D eigenvalue weighted by Gasteiger charge is 2.42. The number of hydrogen-bond acceptors (Lipinski definition) is 3. The average molecular weight is 258 g/mol. The zero-order valence-electron chi connectivity index (χ0n) is 11.2. The fourth-order valence-electron chi connectivity index (χ4n) is 1.51. The lowest BCUT2D eigenvalue weighted by molar-refractivity contribution is -0.158. The van der Waals surface area contributed by atoms with Gasteiger partial charge in [0.15, 0.2) is 0 Å². The number of carbonyl (C=O) groups excluding carboxylic acids is 2. The topological polar surface area (TPSA) is 58.6 Å². The summed E-state index contributed by atoms with van der Waals surface area (Å²) in [6.07, 6.45) is -0.532. The minimum atomic E-state index is -1.18. The molecule has 1 N–H and O–H groups in total. The largest absolute Gasteiger partial charge is 0.449 e. The van der Waals surface area contributed by atoms with E-state index in [0.29, 0.717) is 6.61 Å². The Hall–Kier alpha value is -1.04. The molecule has 1 fully saturated rings. The lowest BCUT2D eigenvalue weighted by Gasteiger charge is -2.42. The molecular formula is C11H22N2O3Si. The van der Waals surface area contributed by atoms with Crippen LogP contribution in [-0.4, -0.2) is 37.7 Å². The lowest BCUT2D eigenvalue weighted by atomic mass is 9.93. The maximum atomic E-state index is 11.4. The Morgan fingerprint density at radius 1 is 1.41 bits per heavy atom. The van der Waals surface area contributed by atoms with Crippen molar-refractivity contribution in [3.8, 4) is 0 Å². The summed E-state index contributed by atoms with van der Waals surface area (Å²) >= 11 is 0. The van der Waals surface area contributed by atoms with Gasteiger partial charge in [-0.3, -0.25) is 4.79 Å². The Kier molecular flexibility index (Phi) is 4.19. The third kappa shape index (κ3) is 3.73. The fraction of sp³-hybridized carbons (Fsp3) is 0.818. The number of nitrogens with one attached hydrogen (secondary N) is 1. The van der Waals surface area contributed by atoms with E-state index < -0.39 is 14.2 Å². The van der Waals surface area contributed by atoms with Crippen molar-refractivity contribution in [3.05, 3.63) is 0 Å². The summed E-state index contributed by atoms with van der Waals surface area (Å²) in [5, 5.41) is 1.33. The van der Waals surface area contributed by atoms with Crippen LogP contribution in [0.15, 0.2) is 0 Å². The van der Waals surface area contributed by atoms with Crippen LogP contribution < -0.4 is 5.43 Å². The van der Waals surface area contributed by atoms with Gasteiger partial charge in [0.1, 0.15) is 0 Å². The van der Waals surface area contributed by atoms with E-state index in [1.54, 1.807) is 0 Å². The standard InChI is InChI=1S/C11H22N2O3Si/c1-8-9(2)13(10(8)14)12-11(15)16-6-7-17(3,4)5/h8-9H,6-7H2,1-5H3,(H,12,15)/t8-,9+/m1/s1. The molecule has 0 aliphatic carbocycles. The predicted molar refractivity (Wildman–Crippen MR) is 68.1 cm³/mol. The smallest absolute Gasteiger partial charge is 0.426 e. The van der Waals surface area contributed by atoms with Crippen molar-refractivity contribution in [2.45, 2.75) is 45.6 Å². The normalized spacial score (nSPS) is 24.3. The van der Waals surface area contributed by atoms with Crippen LogP contribution in [-0.2, 0) is 9.53 Å². The molecule has 0 bridgehead atoms. The SMILES string of the molecule is C[C@H]1C(=O)N(NC(=O)OCC[Si](C)(C)C)[C@H]1C. The van der Waals surface area contributed by atoms with E-state index in [4.69, 9.17) is 4.74 Å². The quantitative estimate of drug-likeness (QED) is 0.618. The maximum Gasteiger partial charge on any atom is 0.426 e. The van der Waals surface area contributed by atoms with Crippen LogP contribution in [0.25, 0.3) is 0 Å². The van der Waals surface area contributed by atoms with Gasteiger partial charge in [-0.05, 0) is 13.0 Å². The molecule has 0 aromatic heterocycles. The minimum absolute atomic E-state index is 0.0164. The van der Waals surface area contributed by atoms with Crippen LogP contribution in [0.5, 0.6) is 0 Å². The first-order valence-corrected chi connectivity index (χ1v) is 9.69. The van der Waals surface area contributed by atoms with E-state index in [2.05, 4.69) is 25.1 Å². The van der Waals surface area contributed by atoms with Gasteiger partial charge in [-0.15, -0.1) is 0 Å². The van der Waals surface area contributed by atoms with E-state index in [9.17, 15) is 9.59 Å². The Morgan fingerprint density at radius 2 is 2.00 bits per heavy atom. The molecule has 2 atom stereocenters. The lowest BCUT2D eigenvalue weighted by Crippen LogP contribution is -2.65. The molecule has 1 heterocycles. The molecule has 0 saturated carbocycles. The first kappa shape index (κ1) is 14.0. The molecule has 1 rings (SSSR count). The number of amides is 2. The van der Waals surface area contributed by atoms with Crippen LogP contribution in [0.1, 0.15) is 13.8 Å². The fourth-order valence-corrected chi connectivity index (χ4v) is 2.22. The zero-order valence-corrected chi connectivity index (χ0v) is 12.2. The molecule has 1 aliphatic rings. The van der Waals surface area contributed by atoms with Gasteiger partial charge in [0, 0.05) is 8.07 Å². The maximum absolute atomic E-state index is 11.4. The van der Waals surface area contributed by atoms with E-state index in [0.717, 1.165) is 6.04 Å². The molecule has 2 amide bonds. The van der Waals surface area contributed by atoms with Crippen molar-refractivity contribution in [3.63, 3.8) is 0 Å². The summed E-state index contributed by atoms with van der Waals surface area (Å²) in [5.74, 6) is -0.0723. The van der Waals surface area contributed by atoms with E-state index in [1.165, 1.54) is 5.01 Å². The number of β-lactam (4-membered cyclic amide) rings is 1. The molecule has 98 valence electrons. The third-order valence-electron chi connectivity index (χ3n) is 3.05. The van der Waals surface area contributed by atoms with Gasteiger partial charge >= 0.3 is 6.09 Å². The molecule has 0 unspecified atom stereocenters. The summed E-state index contributed by atoms with van der Waals surface area (Å²) in [5.41, 5.74) is 2.47. The van der Waals surface area contributed by atoms with Gasteiger partial charge in [0.05, 0.1) is 18.6 Å². The number of carbonyl (C=O) groups is 2. The number of hydrogen-bond donors (Lipinski definition) is 1. The van der Waals surface area contributed by atoms with Crippen molar-refractivity contribution in [1.82, 2.24) is 10.4 Å². The molecule has 6 heteroatoms. The summed E-state index contributed by atoms with van der Waals surface area (Å²) < 4.78 is 5.05. The Morgan fingerprint density at radius 3 is 2.47 bits per heavy atom. The van der Waals surface area contributed by atoms with Crippen LogP contribution in [0.2, 0.25) is 25.7 Å². The second kappa shape index (κ2) is 5.08. The Balaban J connectivity index is 2.25. The molecule has 0 aromatic carbocycles. The van der Waals surface area contributed by atoms with Crippen molar-refractivity contribution >= 4 is 20.1 Å². The van der Waals surface area contributed by atoms with Gasteiger partial charge in [0.2, 0.25) is 5.91 Å². The summed E-state index contributed by atoms with van der Waals surface area (Å²) in [7, 11) is -1.18. The number of nitrogens with zero attached hydrogens (tertiary/aromatic N) is 1. The molecule has 1 aliphatic heterocycles. The molecular weight excluding hydrogens is 236 g/mol. The van der Waals surface area contributed by atoms with Gasteiger partial charge in [-0.25, -0.2) is 15.2 Å². The predicted octanol–water partition coefficient (Wildman–Crippen LogP) is 1.83. The van der Waals surface area contributed by atoms with Gasteiger partial charge in [-0.2, -0.15) is 0 Å². The second-order valence-electron chi connectivity index (χ2n) is 5.80. The van der Waals surface area contributed by atoms with Crippen LogP contribution >= 0.6 is 0 Å². The summed E-state index contributed by atoms with van der Waals surface area (Å²) in [6.45, 7) is 10.8. The Bertz CT molecular complexity index is 314. The summed E-state index contributed by atoms with van der Waals surface area (Å²) in [4.78, 5) is 22.8. The van der Waals surface area contributed by atoms with E-state index in [-0.39, 0.29) is 17.9 Å². The summed E-state index contributed by atoms with van der Waals surface area (Å²) in [6, 6.07) is 0.979. The highest BCUT2D eigenvalue weighted by atomic mass is 28.3. The van der Waals surface area contributed by atoms with Crippen LogP contribution in [0.3, 0.4) is 0 Å². The monoisotopic (exact) mass is 258 g/mol. The molecule has 0 aromatic rings. The number of rotatable bonds is 4. The second-order valence-corrected chi connectivity index (χ2v) is 11.4. The van der Waals surface area contributed by atoms with Crippen molar-refractivity contribution < 1.29 is 14.3 Å². The van der Waals surface area contributed by atoms with E-state index >= 15 is 0 Å². The van der Waals surface area contributed by atoms with E-state index in [1.807, 2.05) is 13.8 Å². The zero-order chi connectivity index (χ0) is 13.2. The average Bonchev–Trinajstić information content (AvgIpc) is 2.22. The molecule has 0 spiro atoms. The molecule has 1 saturated heterocycles. The first-order chi connectivity index (χ1) is 7.72. The molecule has 17 heavy (non-hydrogen) atoms. The van der Waals surface area contributed by atoms with Crippen molar-refractivity contribution in [2.24, 2.45) is 5.92 Å². The molecule has 0 radical (unpaired) electrons. The highest BCUT2D eigenvalue weighted by Crippen LogP contribution is 2.23. The minimum Gasteiger partial charge on any atom is -0.449 e. The van der Waals surface area contributed by atoms with Crippen LogP contribution in [0, 0.1) is 5.92 Å². The van der Waals surface area contributed by atoms with Crippen molar-refractivity contribution in [2.75, 3.05) is 6.61 Å². The molecule has 5 nitrogen and oxygen atoms in total. The first-order valence-electron chi connectivity index (χ1n) is 5.99. The third-order valence-corrected chi connectivity index (χ3v) is 4.76. The number of ether oxygens (including phenoxy) is 1. The van der Waals surface area contributed by atoms with Gasteiger partial charge < -0.3 is 4.74 Å². The van der Waals surface area contributed by atoms with Crippen molar-refractivity contribution in [1.29, 1.82) is 0 Å². The highest BCUT2D eigenvalue weighted by molar-refractivity contribution is 6.76. The number of hydrazine groups is 1. The van der Waals surface area contributed by atoms with Gasteiger partial charge in [-0.1, -0.05) is 26.6 Å². The van der Waals surface area contributed by atoms with Gasteiger partial charge in [0.25, 0.3) is 0 Å². The Labute approximate surface area is 103 Å².